The summed E-state index contributed by atoms with van der Waals surface area (Å²) in [5.41, 5.74) is 9.13. The Labute approximate surface area is 129 Å². The van der Waals surface area contributed by atoms with Gasteiger partial charge in [0.05, 0.1) is 0 Å². The number of aromatic nitrogens is 3. The molecule has 0 saturated heterocycles. The van der Waals surface area contributed by atoms with Crippen LogP contribution in [0.25, 0.3) is 11.0 Å². The molecule has 1 atom stereocenters. The van der Waals surface area contributed by atoms with Crippen molar-refractivity contribution in [3.8, 4) is 0 Å². The molecule has 0 radical (unpaired) electrons. The maximum atomic E-state index is 10.7. The lowest BCUT2D eigenvalue weighted by Gasteiger charge is -2.14. The number of aliphatic hydroxyl groups excluding tert-OH is 1. The minimum Gasteiger partial charge on any atom is -0.383 e. The van der Waals surface area contributed by atoms with Gasteiger partial charge in [-0.3, -0.25) is 0 Å². The van der Waals surface area contributed by atoms with Gasteiger partial charge in [-0.25, -0.2) is 9.97 Å². The second kappa shape index (κ2) is 5.77. The first-order valence-electron chi connectivity index (χ1n) is 7.41. The normalized spacial score (nSPS) is 12.9. The average molecular weight is 296 g/mol. The van der Waals surface area contributed by atoms with E-state index in [1.807, 2.05) is 24.3 Å². The van der Waals surface area contributed by atoms with E-state index in [0.717, 1.165) is 28.7 Å². The Hall–Kier alpha value is -2.40. The SMILES string of the molecule is CC(C)Cc1ccc(C(O)c2c[nH]c3ncccc23)c(N)n1. The van der Waals surface area contributed by atoms with Crippen LogP contribution in [0.5, 0.6) is 0 Å². The van der Waals surface area contributed by atoms with Gasteiger partial charge in [0.25, 0.3) is 0 Å². The highest BCUT2D eigenvalue weighted by Gasteiger charge is 2.18. The fraction of sp³-hybridized carbons (Fsp3) is 0.294. The monoisotopic (exact) mass is 296 g/mol. The smallest absolute Gasteiger partial charge is 0.137 e. The maximum absolute atomic E-state index is 10.7. The number of aromatic amines is 1. The van der Waals surface area contributed by atoms with Crippen LogP contribution in [0.2, 0.25) is 0 Å². The highest BCUT2D eigenvalue weighted by molar-refractivity contribution is 5.80. The van der Waals surface area contributed by atoms with Crippen molar-refractivity contribution in [2.45, 2.75) is 26.4 Å². The van der Waals surface area contributed by atoms with Gasteiger partial charge in [0.1, 0.15) is 17.6 Å². The first-order chi connectivity index (χ1) is 10.6. The van der Waals surface area contributed by atoms with E-state index in [-0.39, 0.29) is 0 Å². The molecule has 0 aliphatic heterocycles. The summed E-state index contributed by atoms with van der Waals surface area (Å²) in [4.78, 5) is 11.7. The van der Waals surface area contributed by atoms with Crippen molar-refractivity contribution in [3.63, 3.8) is 0 Å². The molecule has 3 rings (SSSR count). The summed E-state index contributed by atoms with van der Waals surface area (Å²) in [5.74, 6) is 0.895. The van der Waals surface area contributed by atoms with Gasteiger partial charge in [0.2, 0.25) is 0 Å². The molecular weight excluding hydrogens is 276 g/mol. The molecule has 5 heteroatoms. The minimum absolute atomic E-state index is 0.379. The van der Waals surface area contributed by atoms with Gasteiger partial charge in [0.15, 0.2) is 0 Å². The van der Waals surface area contributed by atoms with Crippen LogP contribution in [0.4, 0.5) is 5.82 Å². The lowest BCUT2D eigenvalue weighted by Crippen LogP contribution is -2.08. The van der Waals surface area contributed by atoms with E-state index in [9.17, 15) is 5.11 Å². The molecule has 0 amide bonds. The number of rotatable bonds is 4. The van der Waals surface area contributed by atoms with Crippen molar-refractivity contribution < 1.29 is 5.11 Å². The third-order valence-corrected chi connectivity index (χ3v) is 3.70. The first-order valence-corrected chi connectivity index (χ1v) is 7.41. The molecule has 5 nitrogen and oxygen atoms in total. The first kappa shape index (κ1) is 14.5. The number of nitrogens with one attached hydrogen (secondary N) is 1. The van der Waals surface area contributed by atoms with Crippen LogP contribution in [0.1, 0.15) is 36.8 Å². The van der Waals surface area contributed by atoms with Gasteiger partial charge in [-0.15, -0.1) is 0 Å². The van der Waals surface area contributed by atoms with Crippen LogP contribution in [0, 0.1) is 5.92 Å². The van der Waals surface area contributed by atoms with Crippen molar-refractivity contribution in [3.05, 3.63) is 53.5 Å². The molecule has 0 saturated carbocycles. The van der Waals surface area contributed by atoms with Crippen molar-refractivity contribution in [1.82, 2.24) is 15.0 Å². The third-order valence-electron chi connectivity index (χ3n) is 3.70. The zero-order valence-corrected chi connectivity index (χ0v) is 12.7. The molecule has 1 unspecified atom stereocenters. The molecule has 114 valence electrons. The highest BCUT2D eigenvalue weighted by atomic mass is 16.3. The number of nitrogens with two attached hydrogens (primary N) is 1. The second-order valence-electron chi connectivity index (χ2n) is 5.92. The van der Waals surface area contributed by atoms with E-state index in [0.29, 0.717) is 17.3 Å². The Kier molecular flexibility index (Phi) is 3.81. The summed E-state index contributed by atoms with van der Waals surface area (Å²) < 4.78 is 0. The molecule has 3 aromatic rings. The number of nitrogen functional groups attached to an aromatic ring is 1. The van der Waals surface area contributed by atoms with E-state index in [1.54, 1.807) is 12.4 Å². The van der Waals surface area contributed by atoms with Crippen LogP contribution in [-0.2, 0) is 6.42 Å². The predicted molar refractivity (Wildman–Crippen MR) is 87.3 cm³/mol. The summed E-state index contributed by atoms with van der Waals surface area (Å²) in [6, 6.07) is 7.57. The Morgan fingerprint density at radius 1 is 1.23 bits per heavy atom. The molecule has 3 heterocycles. The zero-order valence-electron chi connectivity index (χ0n) is 12.7. The topological polar surface area (TPSA) is 87.8 Å². The Bertz CT molecular complexity index is 794. The number of aliphatic hydroxyl groups is 1. The second-order valence-corrected chi connectivity index (χ2v) is 5.92. The van der Waals surface area contributed by atoms with Gasteiger partial charge in [-0.05, 0) is 30.5 Å². The predicted octanol–water partition coefficient (Wildman–Crippen LogP) is 2.82. The molecule has 22 heavy (non-hydrogen) atoms. The standard InChI is InChI=1S/C17H20N4O/c1-10(2)8-11-5-6-13(16(18)21-11)15(22)14-9-20-17-12(14)4-3-7-19-17/h3-7,9-10,15,22H,8H2,1-2H3,(H2,18,21)(H,19,20). The molecule has 3 aromatic heterocycles. The Morgan fingerprint density at radius 2 is 2.05 bits per heavy atom. The Morgan fingerprint density at radius 3 is 2.77 bits per heavy atom. The van der Waals surface area contributed by atoms with Crippen LogP contribution in [-0.4, -0.2) is 20.1 Å². The van der Waals surface area contributed by atoms with Crippen molar-refractivity contribution in [2.75, 3.05) is 5.73 Å². The van der Waals surface area contributed by atoms with Crippen LogP contribution in [0.3, 0.4) is 0 Å². The van der Waals surface area contributed by atoms with E-state index < -0.39 is 6.10 Å². The van der Waals surface area contributed by atoms with Gasteiger partial charge in [-0.1, -0.05) is 19.9 Å². The number of fused-ring (bicyclic) bond motifs is 1. The number of anilines is 1. The largest absolute Gasteiger partial charge is 0.383 e. The summed E-state index contributed by atoms with van der Waals surface area (Å²) >= 11 is 0. The highest BCUT2D eigenvalue weighted by Crippen LogP contribution is 2.30. The van der Waals surface area contributed by atoms with Gasteiger partial charge >= 0.3 is 0 Å². The lowest BCUT2D eigenvalue weighted by atomic mass is 10.0. The molecule has 0 aliphatic carbocycles. The molecular formula is C17H20N4O. The van der Waals surface area contributed by atoms with E-state index in [1.165, 1.54) is 0 Å². The number of hydrogen-bond donors (Lipinski definition) is 3. The molecule has 0 aliphatic rings. The summed E-state index contributed by atoms with van der Waals surface area (Å²) in [6.07, 6.45) is 3.53. The number of pyridine rings is 2. The minimum atomic E-state index is -0.821. The quantitative estimate of drug-likeness (QED) is 0.691. The molecule has 4 N–H and O–H groups in total. The fourth-order valence-corrected chi connectivity index (χ4v) is 2.66. The lowest BCUT2D eigenvalue weighted by molar-refractivity contribution is 0.222. The van der Waals surface area contributed by atoms with Crippen LogP contribution in [0.15, 0.2) is 36.7 Å². The van der Waals surface area contributed by atoms with E-state index >= 15 is 0 Å². The van der Waals surface area contributed by atoms with E-state index in [4.69, 9.17) is 5.73 Å². The Balaban J connectivity index is 1.96. The van der Waals surface area contributed by atoms with Crippen molar-refractivity contribution >= 4 is 16.9 Å². The molecule has 0 aromatic carbocycles. The van der Waals surface area contributed by atoms with Gasteiger partial charge in [0, 0.05) is 34.6 Å². The number of H-pyrrole nitrogens is 1. The number of hydrogen-bond acceptors (Lipinski definition) is 4. The maximum Gasteiger partial charge on any atom is 0.137 e. The summed E-state index contributed by atoms with van der Waals surface area (Å²) in [5, 5.41) is 11.6. The molecule has 0 bridgehead atoms. The fourth-order valence-electron chi connectivity index (χ4n) is 2.66. The van der Waals surface area contributed by atoms with Crippen molar-refractivity contribution in [1.29, 1.82) is 0 Å². The van der Waals surface area contributed by atoms with Crippen LogP contribution < -0.4 is 5.73 Å². The van der Waals surface area contributed by atoms with Crippen LogP contribution >= 0.6 is 0 Å². The molecule has 0 spiro atoms. The van der Waals surface area contributed by atoms with Gasteiger partial charge in [-0.2, -0.15) is 0 Å². The van der Waals surface area contributed by atoms with E-state index in [2.05, 4.69) is 28.8 Å². The zero-order chi connectivity index (χ0) is 15.7. The summed E-state index contributed by atoms with van der Waals surface area (Å²) in [6.45, 7) is 4.28. The third kappa shape index (κ3) is 2.67. The average Bonchev–Trinajstić information content (AvgIpc) is 2.90. The van der Waals surface area contributed by atoms with Gasteiger partial charge < -0.3 is 15.8 Å². The van der Waals surface area contributed by atoms with Crippen molar-refractivity contribution in [2.24, 2.45) is 5.92 Å². The summed E-state index contributed by atoms with van der Waals surface area (Å²) in [7, 11) is 0. The molecule has 0 fully saturated rings. The number of nitrogens with zero attached hydrogens (tertiary/aromatic N) is 2.